The lowest BCUT2D eigenvalue weighted by Gasteiger charge is -2.03. The zero-order chi connectivity index (χ0) is 11.4. The first-order valence-electron chi connectivity index (χ1n) is 3.96. The molecule has 80 valence electrons. The van der Waals surface area contributed by atoms with Crippen LogP contribution in [0.2, 0.25) is 5.02 Å². The molecule has 0 radical (unpaired) electrons. The number of halogens is 3. The number of hydrogen-bond donors (Lipinski definition) is 1. The Hall–Kier alpha value is -1.13. The summed E-state index contributed by atoms with van der Waals surface area (Å²) in [4.78, 5) is 10.7. The van der Waals surface area contributed by atoms with E-state index >= 15 is 0 Å². The maximum Gasteiger partial charge on any atom is 0.191 e. The van der Waals surface area contributed by atoms with Crippen molar-refractivity contribution < 1.29 is 9.18 Å². The normalized spacial score (nSPS) is 11.3. The van der Waals surface area contributed by atoms with E-state index in [2.05, 4.69) is 10.5 Å². The maximum absolute atomic E-state index is 13.3. The average Bonchev–Trinajstić information content (AvgIpc) is 2.19. The van der Waals surface area contributed by atoms with Gasteiger partial charge in [0.1, 0.15) is 0 Å². The van der Waals surface area contributed by atoms with Crippen LogP contribution in [0, 0.1) is 5.82 Å². The number of carbonyl (C=O) groups excluding carboxylic acids is 1. The van der Waals surface area contributed by atoms with Gasteiger partial charge in [-0.1, -0.05) is 29.3 Å². The number of nitrogens with one attached hydrogen (secondary N) is 1. The fraction of sp³-hybridized carbons (Fsp3) is 0.111. The highest BCUT2D eigenvalue weighted by atomic mass is 35.5. The number of rotatable bonds is 3. The minimum atomic E-state index is -0.643. The number of hydrazone groups is 1. The van der Waals surface area contributed by atoms with Crippen LogP contribution in [0.4, 0.5) is 10.1 Å². The molecule has 0 amide bonds. The molecule has 0 aromatic heterocycles. The standard InChI is InChI=1S/C9H7Cl2FN2O/c1-5(15)9(11)14-13-7-4-2-3-6(10)8(7)12/h2-4,13H,1H3. The lowest BCUT2D eigenvalue weighted by Crippen LogP contribution is -2.05. The summed E-state index contributed by atoms with van der Waals surface area (Å²) in [5, 5.41) is 3.19. The molecule has 0 bridgehead atoms. The summed E-state index contributed by atoms with van der Waals surface area (Å²) in [6.07, 6.45) is 0. The number of hydrogen-bond acceptors (Lipinski definition) is 3. The zero-order valence-corrected chi connectivity index (χ0v) is 9.23. The van der Waals surface area contributed by atoms with Crippen molar-refractivity contribution in [1.29, 1.82) is 0 Å². The van der Waals surface area contributed by atoms with E-state index in [1.54, 1.807) is 6.07 Å². The summed E-state index contributed by atoms with van der Waals surface area (Å²) < 4.78 is 13.3. The van der Waals surface area contributed by atoms with Gasteiger partial charge in [0.2, 0.25) is 0 Å². The molecule has 0 heterocycles. The van der Waals surface area contributed by atoms with Crippen molar-refractivity contribution in [3.8, 4) is 0 Å². The van der Waals surface area contributed by atoms with Crippen LogP contribution < -0.4 is 5.43 Å². The van der Waals surface area contributed by atoms with E-state index in [9.17, 15) is 9.18 Å². The van der Waals surface area contributed by atoms with E-state index in [-0.39, 0.29) is 15.9 Å². The fourth-order valence-corrected chi connectivity index (χ4v) is 0.995. The van der Waals surface area contributed by atoms with Gasteiger partial charge in [-0.05, 0) is 12.1 Å². The predicted octanol–water partition coefficient (Wildman–Crippen LogP) is 3.03. The van der Waals surface area contributed by atoms with Crippen LogP contribution in [0.15, 0.2) is 23.3 Å². The fourth-order valence-electron chi connectivity index (χ4n) is 0.778. The van der Waals surface area contributed by atoms with Crippen LogP contribution in [0.3, 0.4) is 0 Å². The lowest BCUT2D eigenvalue weighted by atomic mass is 10.3. The molecule has 0 fully saturated rings. The Morgan fingerprint density at radius 3 is 2.80 bits per heavy atom. The third-order valence-electron chi connectivity index (χ3n) is 1.52. The van der Waals surface area contributed by atoms with Gasteiger partial charge in [0.05, 0.1) is 10.7 Å². The smallest absolute Gasteiger partial charge is 0.191 e. The summed E-state index contributed by atoms with van der Waals surface area (Å²) in [5.41, 5.74) is 2.37. The van der Waals surface area contributed by atoms with Crippen LogP contribution >= 0.6 is 23.2 Å². The second-order valence-corrected chi connectivity index (χ2v) is 3.44. The monoisotopic (exact) mass is 248 g/mol. The van der Waals surface area contributed by atoms with E-state index in [4.69, 9.17) is 23.2 Å². The van der Waals surface area contributed by atoms with Gasteiger partial charge >= 0.3 is 0 Å². The SMILES string of the molecule is CC(=O)C(Cl)=NNc1cccc(Cl)c1F. The summed E-state index contributed by atoms with van der Waals surface area (Å²) in [6.45, 7) is 1.25. The number of nitrogens with zero attached hydrogens (tertiary/aromatic N) is 1. The first-order valence-corrected chi connectivity index (χ1v) is 4.72. The summed E-state index contributed by atoms with van der Waals surface area (Å²) in [5.74, 6) is -1.05. The number of Topliss-reactive ketones (excluding diaryl/α,β-unsaturated/α-hetero) is 1. The molecule has 0 unspecified atom stereocenters. The van der Waals surface area contributed by atoms with Gasteiger partial charge in [-0.3, -0.25) is 10.2 Å². The van der Waals surface area contributed by atoms with Crippen molar-refractivity contribution in [3.63, 3.8) is 0 Å². The van der Waals surface area contributed by atoms with Gasteiger partial charge in [-0.15, -0.1) is 0 Å². The third kappa shape index (κ3) is 3.18. The van der Waals surface area contributed by atoms with Crippen LogP contribution in [-0.2, 0) is 4.79 Å². The van der Waals surface area contributed by atoms with Gasteiger partial charge in [0.15, 0.2) is 16.8 Å². The number of benzene rings is 1. The Balaban J connectivity index is 2.87. The Morgan fingerprint density at radius 2 is 2.20 bits per heavy atom. The van der Waals surface area contributed by atoms with Crippen molar-refractivity contribution in [3.05, 3.63) is 29.0 Å². The molecular formula is C9H7Cl2FN2O. The maximum atomic E-state index is 13.3. The molecule has 6 heteroatoms. The minimum absolute atomic E-state index is 0.0332. The van der Waals surface area contributed by atoms with Crippen molar-refractivity contribution in [2.45, 2.75) is 6.92 Å². The predicted molar refractivity (Wildman–Crippen MR) is 59.0 cm³/mol. The first-order chi connectivity index (χ1) is 7.02. The van der Waals surface area contributed by atoms with E-state index in [0.717, 1.165) is 0 Å². The molecule has 15 heavy (non-hydrogen) atoms. The van der Waals surface area contributed by atoms with Gasteiger partial charge < -0.3 is 0 Å². The largest absolute Gasteiger partial charge is 0.292 e. The Morgan fingerprint density at radius 1 is 1.53 bits per heavy atom. The van der Waals surface area contributed by atoms with Gasteiger partial charge in [-0.25, -0.2) is 4.39 Å². The molecule has 0 spiro atoms. The molecule has 0 aliphatic heterocycles. The molecule has 0 aliphatic carbocycles. The minimum Gasteiger partial charge on any atom is -0.292 e. The molecule has 1 aromatic carbocycles. The first kappa shape index (κ1) is 11.9. The Bertz CT molecular complexity index is 421. The molecule has 1 aromatic rings. The number of carbonyl (C=O) groups is 1. The molecule has 1 rings (SSSR count). The highest BCUT2D eigenvalue weighted by Gasteiger charge is 2.06. The molecular weight excluding hydrogens is 242 g/mol. The zero-order valence-electron chi connectivity index (χ0n) is 7.72. The van der Waals surface area contributed by atoms with Crippen molar-refractivity contribution >= 4 is 39.8 Å². The topological polar surface area (TPSA) is 41.5 Å². The highest BCUT2D eigenvalue weighted by Crippen LogP contribution is 2.21. The second kappa shape index (κ2) is 5.09. The second-order valence-electron chi connectivity index (χ2n) is 2.67. The van der Waals surface area contributed by atoms with E-state index < -0.39 is 11.6 Å². The van der Waals surface area contributed by atoms with Crippen molar-refractivity contribution in [2.75, 3.05) is 5.43 Å². The van der Waals surface area contributed by atoms with Crippen LogP contribution in [0.25, 0.3) is 0 Å². The van der Waals surface area contributed by atoms with Gasteiger partial charge in [0.25, 0.3) is 0 Å². The number of ketones is 1. The third-order valence-corrected chi connectivity index (χ3v) is 2.16. The number of anilines is 1. The molecule has 3 nitrogen and oxygen atoms in total. The quantitative estimate of drug-likeness (QED) is 0.660. The van der Waals surface area contributed by atoms with Crippen LogP contribution in [0.1, 0.15) is 6.92 Å². The van der Waals surface area contributed by atoms with Gasteiger partial charge in [-0.2, -0.15) is 5.10 Å². The lowest BCUT2D eigenvalue weighted by molar-refractivity contribution is -0.110. The molecule has 0 atom stereocenters. The molecule has 0 aliphatic rings. The highest BCUT2D eigenvalue weighted by molar-refractivity contribution is 6.82. The summed E-state index contributed by atoms with van der Waals surface area (Å²) in [6, 6.07) is 4.37. The molecule has 0 saturated heterocycles. The average molecular weight is 249 g/mol. The Labute approximate surface area is 95.9 Å². The van der Waals surface area contributed by atoms with Crippen LogP contribution in [-0.4, -0.2) is 11.0 Å². The van der Waals surface area contributed by atoms with E-state index in [1.807, 2.05) is 0 Å². The van der Waals surface area contributed by atoms with Crippen LogP contribution in [0.5, 0.6) is 0 Å². The summed E-state index contributed by atoms with van der Waals surface area (Å²) in [7, 11) is 0. The molecule has 0 saturated carbocycles. The van der Waals surface area contributed by atoms with Gasteiger partial charge in [0, 0.05) is 6.92 Å². The van der Waals surface area contributed by atoms with E-state index in [1.165, 1.54) is 19.1 Å². The Kier molecular flexibility index (Phi) is 4.05. The van der Waals surface area contributed by atoms with E-state index in [0.29, 0.717) is 0 Å². The molecule has 1 N–H and O–H groups in total. The van der Waals surface area contributed by atoms with Crippen molar-refractivity contribution in [2.24, 2.45) is 5.10 Å². The van der Waals surface area contributed by atoms with Crippen molar-refractivity contribution in [1.82, 2.24) is 0 Å². The summed E-state index contributed by atoms with van der Waals surface area (Å²) >= 11 is 11.0.